The Bertz CT molecular complexity index is 213. The Labute approximate surface area is 95.3 Å². The molecule has 1 aliphatic heterocycles. The van der Waals surface area contributed by atoms with Gasteiger partial charge in [-0.2, -0.15) is 0 Å². The molecule has 1 rings (SSSR count). The summed E-state index contributed by atoms with van der Waals surface area (Å²) in [6, 6.07) is 0. The van der Waals surface area contributed by atoms with E-state index in [0.29, 0.717) is 25.7 Å². The van der Waals surface area contributed by atoms with Gasteiger partial charge >= 0.3 is 0 Å². The molecule has 0 aliphatic carbocycles. The predicted octanol–water partition coefficient (Wildman–Crippen LogP) is 0.781. The highest BCUT2D eigenvalue weighted by Gasteiger charge is 2.30. The maximum atomic E-state index is 11.6. The summed E-state index contributed by atoms with van der Waals surface area (Å²) in [5.41, 5.74) is 0. The quantitative estimate of drug-likeness (QED) is 0.717. The molecule has 0 spiro atoms. The molecule has 3 atom stereocenters. The number of amides is 1. The number of ether oxygens (including phenoxy) is 2. The summed E-state index contributed by atoms with van der Waals surface area (Å²) in [5, 5.41) is 2.58. The number of hydrogen-bond acceptors (Lipinski definition) is 3. The van der Waals surface area contributed by atoms with Crippen LogP contribution in [0.3, 0.4) is 0 Å². The number of halogens is 1. The van der Waals surface area contributed by atoms with E-state index in [1.807, 2.05) is 6.92 Å². The molecule has 15 heavy (non-hydrogen) atoms. The summed E-state index contributed by atoms with van der Waals surface area (Å²) in [5.74, 6) is 0.225. The Morgan fingerprint density at radius 3 is 3.00 bits per heavy atom. The van der Waals surface area contributed by atoms with Crippen LogP contribution < -0.4 is 5.32 Å². The number of methoxy groups -OCH3 is 1. The average molecular weight is 236 g/mol. The normalized spacial score (nSPS) is 27.7. The van der Waals surface area contributed by atoms with E-state index in [-0.39, 0.29) is 17.4 Å². The van der Waals surface area contributed by atoms with E-state index in [2.05, 4.69) is 5.32 Å². The Kier molecular flexibility index (Phi) is 5.36. The molecule has 88 valence electrons. The molecule has 4 nitrogen and oxygen atoms in total. The van der Waals surface area contributed by atoms with Gasteiger partial charge in [0.15, 0.2) is 0 Å². The van der Waals surface area contributed by atoms with Gasteiger partial charge in [-0.05, 0) is 12.3 Å². The molecule has 1 N–H and O–H groups in total. The number of carbonyl (C=O) groups is 1. The minimum absolute atomic E-state index is 0.0678. The molecule has 1 saturated heterocycles. The zero-order valence-corrected chi connectivity index (χ0v) is 9.92. The number of nitrogens with one attached hydrogen (secondary N) is 1. The van der Waals surface area contributed by atoms with Crippen LogP contribution in [0.25, 0.3) is 0 Å². The molecular formula is C10H18ClNO3. The molecular weight excluding hydrogens is 218 g/mol. The molecule has 0 saturated carbocycles. The van der Waals surface area contributed by atoms with Gasteiger partial charge in [-0.1, -0.05) is 6.92 Å². The molecule has 0 bridgehead atoms. The Morgan fingerprint density at radius 1 is 1.73 bits per heavy atom. The second kappa shape index (κ2) is 6.30. The summed E-state index contributed by atoms with van der Waals surface area (Å²) in [6.07, 6.45) is 0.636. The molecule has 0 aromatic rings. The van der Waals surface area contributed by atoms with Crippen LogP contribution in [-0.2, 0) is 14.3 Å². The highest BCUT2D eigenvalue weighted by Crippen LogP contribution is 2.19. The van der Waals surface area contributed by atoms with Crippen LogP contribution in [-0.4, -0.2) is 44.3 Å². The summed E-state index contributed by atoms with van der Waals surface area (Å²) >= 11 is 5.89. The van der Waals surface area contributed by atoms with Crippen molar-refractivity contribution in [1.29, 1.82) is 0 Å². The van der Waals surface area contributed by atoms with Crippen molar-refractivity contribution < 1.29 is 14.3 Å². The summed E-state index contributed by atoms with van der Waals surface area (Å²) in [7, 11) is 1.58. The number of rotatable bonds is 5. The Balaban J connectivity index is 2.23. The smallest absolute Gasteiger partial charge is 0.249 e. The van der Waals surface area contributed by atoms with Crippen molar-refractivity contribution in [2.24, 2.45) is 5.92 Å². The lowest BCUT2D eigenvalue weighted by Gasteiger charge is -2.16. The standard InChI is InChI=1S/C10H18ClNO3/c1-7-3-4-15-9(7)10(13)12-5-8(11)6-14-2/h7-9H,3-6H2,1-2H3,(H,12,13). The fourth-order valence-corrected chi connectivity index (χ4v) is 1.79. The third kappa shape index (κ3) is 3.97. The van der Waals surface area contributed by atoms with Crippen molar-refractivity contribution in [3.63, 3.8) is 0 Å². The van der Waals surface area contributed by atoms with Gasteiger partial charge in [-0.25, -0.2) is 0 Å². The monoisotopic (exact) mass is 235 g/mol. The number of carbonyl (C=O) groups excluding carboxylic acids is 1. The summed E-state index contributed by atoms with van der Waals surface area (Å²) in [4.78, 5) is 11.6. The second-order valence-electron chi connectivity index (χ2n) is 3.86. The van der Waals surface area contributed by atoms with E-state index < -0.39 is 0 Å². The maximum absolute atomic E-state index is 11.6. The molecule has 0 aromatic carbocycles. The molecule has 1 aliphatic rings. The van der Waals surface area contributed by atoms with Gasteiger partial charge in [0.2, 0.25) is 5.91 Å². The lowest BCUT2D eigenvalue weighted by Crippen LogP contribution is -2.40. The Hall–Kier alpha value is -0.320. The molecule has 1 fully saturated rings. The van der Waals surface area contributed by atoms with Crippen LogP contribution in [0.15, 0.2) is 0 Å². The zero-order valence-electron chi connectivity index (χ0n) is 9.16. The predicted molar refractivity (Wildman–Crippen MR) is 58.0 cm³/mol. The molecule has 1 heterocycles. The number of alkyl halides is 1. The average Bonchev–Trinajstić information content (AvgIpc) is 2.61. The highest BCUT2D eigenvalue weighted by molar-refractivity contribution is 6.21. The van der Waals surface area contributed by atoms with E-state index in [1.165, 1.54) is 0 Å². The lowest BCUT2D eigenvalue weighted by atomic mass is 10.0. The van der Waals surface area contributed by atoms with Gasteiger partial charge in [0, 0.05) is 20.3 Å². The van der Waals surface area contributed by atoms with Gasteiger partial charge < -0.3 is 14.8 Å². The van der Waals surface area contributed by atoms with Crippen LogP contribution in [0.1, 0.15) is 13.3 Å². The van der Waals surface area contributed by atoms with Crippen molar-refractivity contribution in [2.45, 2.75) is 24.8 Å². The van der Waals surface area contributed by atoms with Crippen molar-refractivity contribution in [3.8, 4) is 0 Å². The lowest BCUT2D eigenvalue weighted by molar-refractivity contribution is -0.131. The second-order valence-corrected chi connectivity index (χ2v) is 4.47. The van der Waals surface area contributed by atoms with Gasteiger partial charge in [0.1, 0.15) is 6.10 Å². The molecule has 5 heteroatoms. The van der Waals surface area contributed by atoms with Crippen molar-refractivity contribution in [2.75, 3.05) is 26.9 Å². The third-order valence-corrected chi connectivity index (χ3v) is 2.77. The van der Waals surface area contributed by atoms with Crippen LogP contribution in [0, 0.1) is 5.92 Å². The topological polar surface area (TPSA) is 47.6 Å². The van der Waals surface area contributed by atoms with E-state index in [9.17, 15) is 4.79 Å². The summed E-state index contributed by atoms with van der Waals surface area (Å²) < 4.78 is 10.2. The zero-order chi connectivity index (χ0) is 11.3. The first kappa shape index (κ1) is 12.7. The van der Waals surface area contributed by atoms with Crippen molar-refractivity contribution in [1.82, 2.24) is 5.32 Å². The fourth-order valence-electron chi connectivity index (χ4n) is 1.58. The van der Waals surface area contributed by atoms with Crippen LogP contribution in [0.2, 0.25) is 0 Å². The van der Waals surface area contributed by atoms with E-state index in [4.69, 9.17) is 21.1 Å². The largest absolute Gasteiger partial charge is 0.383 e. The maximum Gasteiger partial charge on any atom is 0.249 e. The minimum Gasteiger partial charge on any atom is -0.383 e. The SMILES string of the molecule is COCC(Cl)CNC(=O)C1OCCC1C. The van der Waals surface area contributed by atoms with Crippen LogP contribution in [0.5, 0.6) is 0 Å². The van der Waals surface area contributed by atoms with Crippen molar-refractivity contribution in [3.05, 3.63) is 0 Å². The first-order valence-electron chi connectivity index (χ1n) is 5.17. The molecule has 0 radical (unpaired) electrons. The molecule has 3 unspecified atom stereocenters. The van der Waals surface area contributed by atoms with Gasteiger partial charge in [0.05, 0.1) is 12.0 Å². The van der Waals surface area contributed by atoms with E-state index >= 15 is 0 Å². The van der Waals surface area contributed by atoms with Crippen LogP contribution >= 0.6 is 11.6 Å². The number of hydrogen-bond donors (Lipinski definition) is 1. The minimum atomic E-state index is -0.309. The molecule has 1 amide bonds. The first-order valence-corrected chi connectivity index (χ1v) is 5.61. The van der Waals surface area contributed by atoms with Crippen LogP contribution in [0.4, 0.5) is 0 Å². The summed E-state index contributed by atoms with van der Waals surface area (Å²) in [6.45, 7) is 3.54. The Morgan fingerprint density at radius 2 is 2.47 bits per heavy atom. The van der Waals surface area contributed by atoms with E-state index in [1.54, 1.807) is 7.11 Å². The first-order chi connectivity index (χ1) is 7.15. The van der Waals surface area contributed by atoms with Gasteiger partial charge in [0.25, 0.3) is 0 Å². The van der Waals surface area contributed by atoms with Gasteiger partial charge in [-0.15, -0.1) is 11.6 Å². The van der Waals surface area contributed by atoms with Crippen molar-refractivity contribution >= 4 is 17.5 Å². The fraction of sp³-hybridized carbons (Fsp3) is 0.900. The van der Waals surface area contributed by atoms with Gasteiger partial charge in [-0.3, -0.25) is 4.79 Å². The third-order valence-electron chi connectivity index (χ3n) is 2.49. The highest BCUT2D eigenvalue weighted by atomic mass is 35.5. The molecule has 0 aromatic heterocycles. The van der Waals surface area contributed by atoms with E-state index in [0.717, 1.165) is 6.42 Å².